The van der Waals surface area contributed by atoms with Gasteiger partial charge in [-0.1, -0.05) is 12.1 Å². The van der Waals surface area contributed by atoms with Crippen LogP contribution in [0.2, 0.25) is 0 Å². The Morgan fingerprint density at radius 2 is 2.16 bits per heavy atom. The maximum atomic E-state index is 5.80. The maximum Gasteiger partial charge on any atom is 0.159 e. The van der Waals surface area contributed by atoms with Crippen molar-refractivity contribution in [3.8, 4) is 11.4 Å². The average molecular weight is 255 g/mol. The number of nitrogens with one attached hydrogen (secondary N) is 1. The number of hydrogen-bond acceptors (Lipinski definition) is 4. The first-order valence-corrected chi connectivity index (χ1v) is 6.55. The minimum absolute atomic E-state index is 0.152. The van der Waals surface area contributed by atoms with E-state index in [-0.39, 0.29) is 6.10 Å². The number of rotatable bonds is 3. The molecule has 19 heavy (non-hydrogen) atoms. The molecule has 1 aromatic carbocycles. The monoisotopic (exact) mass is 255 g/mol. The summed E-state index contributed by atoms with van der Waals surface area (Å²) >= 11 is 0. The van der Waals surface area contributed by atoms with Gasteiger partial charge in [-0.2, -0.15) is 0 Å². The van der Waals surface area contributed by atoms with Crippen molar-refractivity contribution in [3.05, 3.63) is 47.8 Å². The van der Waals surface area contributed by atoms with Crippen LogP contribution in [0, 0.1) is 0 Å². The van der Waals surface area contributed by atoms with Crippen LogP contribution >= 0.6 is 0 Å². The van der Waals surface area contributed by atoms with E-state index in [1.54, 1.807) is 12.4 Å². The number of nitrogens with zero attached hydrogens (tertiary/aromatic N) is 2. The summed E-state index contributed by atoms with van der Waals surface area (Å²) in [6.07, 6.45) is 4.65. The largest absolute Gasteiger partial charge is 0.372 e. The minimum atomic E-state index is 0.152. The van der Waals surface area contributed by atoms with E-state index in [1.807, 2.05) is 13.1 Å². The Morgan fingerprint density at radius 3 is 2.95 bits per heavy atom. The van der Waals surface area contributed by atoms with Gasteiger partial charge in [0, 0.05) is 24.5 Å². The molecule has 1 aliphatic rings. The Bertz CT molecular complexity index is 557. The molecule has 0 saturated carbocycles. The van der Waals surface area contributed by atoms with Gasteiger partial charge in [0.1, 0.15) is 0 Å². The van der Waals surface area contributed by atoms with Crippen molar-refractivity contribution in [3.63, 3.8) is 0 Å². The molecule has 0 bridgehead atoms. The Kier molecular flexibility index (Phi) is 3.53. The lowest BCUT2D eigenvalue weighted by molar-refractivity contribution is 0.0439. The fourth-order valence-electron chi connectivity index (χ4n) is 2.48. The highest BCUT2D eigenvalue weighted by Gasteiger charge is 2.20. The SMILES string of the molecule is CNCC1OCCc2cc(-c3ncccn3)ccc21. The van der Waals surface area contributed by atoms with Crippen molar-refractivity contribution in [1.29, 1.82) is 0 Å². The topological polar surface area (TPSA) is 47.0 Å². The van der Waals surface area contributed by atoms with Gasteiger partial charge in [0.25, 0.3) is 0 Å². The molecule has 2 heterocycles. The van der Waals surface area contributed by atoms with Gasteiger partial charge >= 0.3 is 0 Å². The summed E-state index contributed by atoms with van der Waals surface area (Å²) in [4.78, 5) is 8.60. The molecule has 0 radical (unpaired) electrons. The van der Waals surface area contributed by atoms with Crippen molar-refractivity contribution in [2.75, 3.05) is 20.2 Å². The van der Waals surface area contributed by atoms with Crippen LogP contribution in [0.1, 0.15) is 17.2 Å². The smallest absolute Gasteiger partial charge is 0.159 e. The normalized spacial score (nSPS) is 18.1. The van der Waals surface area contributed by atoms with Crippen molar-refractivity contribution < 1.29 is 4.74 Å². The van der Waals surface area contributed by atoms with Crippen LogP contribution in [0.5, 0.6) is 0 Å². The molecule has 0 fully saturated rings. The molecule has 4 heteroatoms. The van der Waals surface area contributed by atoms with Gasteiger partial charge in [0.2, 0.25) is 0 Å². The van der Waals surface area contributed by atoms with Crippen LogP contribution < -0.4 is 5.32 Å². The molecule has 1 aromatic heterocycles. The zero-order valence-electron chi connectivity index (χ0n) is 11.0. The maximum absolute atomic E-state index is 5.80. The second-order valence-electron chi connectivity index (χ2n) is 4.65. The minimum Gasteiger partial charge on any atom is -0.372 e. The lowest BCUT2D eigenvalue weighted by Crippen LogP contribution is -2.25. The van der Waals surface area contributed by atoms with E-state index in [0.717, 1.165) is 31.0 Å². The number of benzene rings is 1. The van der Waals surface area contributed by atoms with Gasteiger partial charge < -0.3 is 10.1 Å². The molecule has 0 spiro atoms. The van der Waals surface area contributed by atoms with E-state index in [0.29, 0.717) is 0 Å². The lowest BCUT2D eigenvalue weighted by Gasteiger charge is -2.26. The van der Waals surface area contributed by atoms with Gasteiger partial charge in [-0.25, -0.2) is 9.97 Å². The summed E-state index contributed by atoms with van der Waals surface area (Å²) in [7, 11) is 1.95. The zero-order valence-corrected chi connectivity index (χ0v) is 11.0. The number of ether oxygens (including phenoxy) is 1. The molecule has 4 nitrogen and oxygen atoms in total. The highest BCUT2D eigenvalue weighted by Crippen LogP contribution is 2.29. The van der Waals surface area contributed by atoms with Crippen LogP contribution in [0.25, 0.3) is 11.4 Å². The fourth-order valence-corrected chi connectivity index (χ4v) is 2.48. The molecule has 1 aliphatic heterocycles. The summed E-state index contributed by atoms with van der Waals surface area (Å²) in [6, 6.07) is 8.24. The Morgan fingerprint density at radius 1 is 1.32 bits per heavy atom. The quantitative estimate of drug-likeness (QED) is 0.911. The summed E-state index contributed by atoms with van der Waals surface area (Å²) in [5.74, 6) is 0.780. The summed E-state index contributed by atoms with van der Waals surface area (Å²) < 4.78 is 5.80. The van der Waals surface area contributed by atoms with Crippen LogP contribution in [-0.4, -0.2) is 30.2 Å². The second kappa shape index (κ2) is 5.47. The summed E-state index contributed by atoms with van der Waals surface area (Å²) in [5, 5.41) is 3.17. The van der Waals surface area contributed by atoms with Gasteiger partial charge in [-0.15, -0.1) is 0 Å². The van der Waals surface area contributed by atoms with Crippen molar-refractivity contribution in [2.45, 2.75) is 12.5 Å². The van der Waals surface area contributed by atoms with Crippen molar-refractivity contribution >= 4 is 0 Å². The Balaban J connectivity index is 1.96. The fraction of sp³-hybridized carbons (Fsp3) is 0.333. The molecular weight excluding hydrogens is 238 g/mol. The summed E-state index contributed by atoms with van der Waals surface area (Å²) in [6.45, 7) is 1.62. The standard InChI is InChI=1S/C15H17N3O/c1-16-10-14-13-4-3-12(9-11(13)5-8-19-14)15-17-6-2-7-18-15/h2-4,6-7,9,14,16H,5,8,10H2,1H3. The molecule has 0 aliphatic carbocycles. The summed E-state index contributed by atoms with van der Waals surface area (Å²) in [5.41, 5.74) is 3.70. The average Bonchev–Trinajstić information content (AvgIpc) is 2.48. The Hall–Kier alpha value is -1.78. The first kappa shape index (κ1) is 12.3. The third kappa shape index (κ3) is 2.50. The van der Waals surface area contributed by atoms with Crippen LogP contribution in [-0.2, 0) is 11.2 Å². The van der Waals surface area contributed by atoms with E-state index in [1.165, 1.54) is 11.1 Å². The van der Waals surface area contributed by atoms with Gasteiger partial charge in [0.15, 0.2) is 5.82 Å². The molecule has 1 unspecified atom stereocenters. The highest BCUT2D eigenvalue weighted by atomic mass is 16.5. The van der Waals surface area contributed by atoms with E-state index >= 15 is 0 Å². The number of hydrogen-bond donors (Lipinski definition) is 1. The second-order valence-corrected chi connectivity index (χ2v) is 4.65. The first-order chi connectivity index (χ1) is 9.38. The predicted octanol–water partition coefficient (Wildman–Crippen LogP) is 1.98. The molecule has 0 saturated heterocycles. The van der Waals surface area contributed by atoms with Gasteiger partial charge in [-0.05, 0) is 36.7 Å². The molecule has 3 rings (SSSR count). The van der Waals surface area contributed by atoms with E-state index in [2.05, 4.69) is 33.5 Å². The molecule has 1 atom stereocenters. The molecular formula is C15H17N3O. The van der Waals surface area contributed by atoms with E-state index < -0.39 is 0 Å². The lowest BCUT2D eigenvalue weighted by atomic mass is 9.95. The highest BCUT2D eigenvalue weighted by molar-refractivity contribution is 5.57. The van der Waals surface area contributed by atoms with Crippen molar-refractivity contribution in [1.82, 2.24) is 15.3 Å². The molecule has 0 amide bonds. The van der Waals surface area contributed by atoms with Gasteiger partial charge in [-0.3, -0.25) is 0 Å². The van der Waals surface area contributed by atoms with Crippen LogP contribution in [0.15, 0.2) is 36.7 Å². The molecule has 98 valence electrons. The third-order valence-electron chi connectivity index (χ3n) is 3.39. The Labute approximate surface area is 112 Å². The molecule has 2 aromatic rings. The number of likely N-dealkylation sites (N-methyl/N-ethyl adjacent to an activating group) is 1. The molecule has 1 N–H and O–H groups in total. The first-order valence-electron chi connectivity index (χ1n) is 6.55. The predicted molar refractivity (Wildman–Crippen MR) is 73.8 cm³/mol. The van der Waals surface area contributed by atoms with Crippen molar-refractivity contribution in [2.24, 2.45) is 0 Å². The van der Waals surface area contributed by atoms with Crippen LogP contribution in [0.4, 0.5) is 0 Å². The van der Waals surface area contributed by atoms with Gasteiger partial charge in [0.05, 0.1) is 12.7 Å². The number of aromatic nitrogens is 2. The number of fused-ring (bicyclic) bond motifs is 1. The van der Waals surface area contributed by atoms with Crippen LogP contribution in [0.3, 0.4) is 0 Å². The van der Waals surface area contributed by atoms with E-state index in [9.17, 15) is 0 Å². The third-order valence-corrected chi connectivity index (χ3v) is 3.39. The zero-order chi connectivity index (χ0) is 13.1. The van der Waals surface area contributed by atoms with E-state index in [4.69, 9.17) is 4.74 Å².